The first-order chi connectivity index (χ1) is 12.1. The summed E-state index contributed by atoms with van der Waals surface area (Å²) in [5, 5.41) is 8.98. The van der Waals surface area contributed by atoms with E-state index < -0.39 is 0 Å². The molecule has 0 spiro atoms. The van der Waals surface area contributed by atoms with Crippen molar-refractivity contribution in [3.8, 4) is 6.07 Å². The Bertz CT molecular complexity index is 849. The molecule has 0 aliphatic carbocycles. The molecule has 1 aromatic carbocycles. The van der Waals surface area contributed by atoms with Crippen molar-refractivity contribution in [1.29, 1.82) is 5.26 Å². The normalized spacial score (nSPS) is 13.2. The number of rotatable bonds is 5. The van der Waals surface area contributed by atoms with Crippen LogP contribution in [0.5, 0.6) is 0 Å². The summed E-state index contributed by atoms with van der Waals surface area (Å²) in [4.78, 5) is 25.7. The molecule has 0 saturated heterocycles. The van der Waals surface area contributed by atoms with Crippen molar-refractivity contribution < 1.29 is 9.66 Å². The van der Waals surface area contributed by atoms with Gasteiger partial charge < -0.3 is 9.47 Å². The van der Waals surface area contributed by atoms with Gasteiger partial charge in [0.25, 0.3) is 5.69 Å². The van der Waals surface area contributed by atoms with Gasteiger partial charge in [-0.05, 0) is 36.1 Å². The Morgan fingerprint density at radius 2 is 2.20 bits per heavy atom. The van der Waals surface area contributed by atoms with Crippen LogP contribution in [0.1, 0.15) is 23.2 Å². The van der Waals surface area contributed by atoms with Crippen molar-refractivity contribution in [2.45, 2.75) is 25.9 Å². The fourth-order valence-electron chi connectivity index (χ4n) is 3.04. The summed E-state index contributed by atoms with van der Waals surface area (Å²) in [6.45, 7) is 1.71. The fraction of sp³-hybridized carbons (Fsp3) is 0.278. The molecule has 1 radical (unpaired) electrons. The average Bonchev–Trinajstić information content (AvgIpc) is 3.08. The summed E-state index contributed by atoms with van der Waals surface area (Å²) >= 11 is 0. The molecule has 0 unspecified atom stereocenters. The molecule has 1 amide bonds. The number of fused-ring (bicyclic) bond motifs is 1. The van der Waals surface area contributed by atoms with Crippen molar-refractivity contribution in [2.75, 3.05) is 6.54 Å². The SMILES string of the molecule is N#Cc1cccn1CC[CH]C(=O)N1CCc2ccc([N+](N)=O)cc2C1. The molecule has 0 saturated carbocycles. The quantitative estimate of drug-likeness (QED) is 0.511. The number of nitrogens with two attached hydrogens (primary N) is 1. The van der Waals surface area contributed by atoms with E-state index in [9.17, 15) is 9.70 Å². The van der Waals surface area contributed by atoms with E-state index in [0.29, 0.717) is 42.3 Å². The van der Waals surface area contributed by atoms with Crippen molar-refractivity contribution in [3.63, 3.8) is 0 Å². The first-order valence-electron chi connectivity index (χ1n) is 8.09. The largest absolute Gasteiger partial charge is 0.339 e. The molecule has 3 rings (SSSR count). The molecule has 7 nitrogen and oxygen atoms in total. The Balaban J connectivity index is 1.58. The number of hydrogen-bond acceptors (Lipinski definition) is 3. The van der Waals surface area contributed by atoms with E-state index in [1.807, 2.05) is 22.9 Å². The maximum atomic E-state index is 12.4. The number of nitrogens with zero attached hydrogens (tertiary/aromatic N) is 4. The summed E-state index contributed by atoms with van der Waals surface area (Å²) in [7, 11) is 0. The van der Waals surface area contributed by atoms with Gasteiger partial charge in [-0.2, -0.15) is 11.1 Å². The number of amides is 1. The number of carbonyl (C=O) groups is 1. The second-order valence-corrected chi connectivity index (χ2v) is 5.98. The van der Waals surface area contributed by atoms with Crippen LogP contribution in [0.4, 0.5) is 5.69 Å². The Hall–Kier alpha value is -3.14. The van der Waals surface area contributed by atoms with Gasteiger partial charge in [0.2, 0.25) is 5.91 Å². The van der Waals surface area contributed by atoms with E-state index in [0.717, 1.165) is 17.5 Å². The molecule has 0 bridgehead atoms. The van der Waals surface area contributed by atoms with E-state index in [-0.39, 0.29) is 5.91 Å². The Morgan fingerprint density at radius 3 is 2.96 bits per heavy atom. The van der Waals surface area contributed by atoms with Crippen LogP contribution in [-0.4, -0.2) is 26.8 Å². The van der Waals surface area contributed by atoms with E-state index in [1.165, 1.54) is 0 Å². The van der Waals surface area contributed by atoms with Gasteiger partial charge in [0.05, 0.1) is 11.3 Å². The van der Waals surface area contributed by atoms with E-state index in [1.54, 1.807) is 29.5 Å². The van der Waals surface area contributed by atoms with Crippen LogP contribution in [0.25, 0.3) is 0 Å². The smallest absolute Gasteiger partial charge is 0.292 e. The second kappa shape index (κ2) is 7.18. The molecule has 2 aromatic rings. The van der Waals surface area contributed by atoms with E-state index >= 15 is 0 Å². The van der Waals surface area contributed by atoms with Gasteiger partial charge in [-0.15, -0.1) is 0 Å². The molecule has 2 heterocycles. The lowest BCUT2D eigenvalue weighted by molar-refractivity contribution is -0.474. The van der Waals surface area contributed by atoms with Gasteiger partial charge in [-0.1, -0.05) is 6.07 Å². The number of aromatic nitrogens is 1. The third kappa shape index (κ3) is 3.69. The summed E-state index contributed by atoms with van der Waals surface area (Å²) < 4.78 is 1.83. The van der Waals surface area contributed by atoms with Crippen LogP contribution in [0.3, 0.4) is 0 Å². The van der Waals surface area contributed by atoms with Gasteiger partial charge in [-0.25, -0.2) is 0 Å². The third-order valence-corrected chi connectivity index (χ3v) is 4.40. The molecule has 0 fully saturated rings. The van der Waals surface area contributed by atoms with E-state index in [4.69, 9.17) is 11.1 Å². The fourth-order valence-corrected chi connectivity index (χ4v) is 3.04. The molecule has 25 heavy (non-hydrogen) atoms. The molecular formula is C18H19N5O2+. The summed E-state index contributed by atoms with van der Waals surface area (Å²) in [6, 6.07) is 11.0. The number of hydrogen-bond donors (Lipinski definition) is 1. The van der Waals surface area contributed by atoms with Gasteiger partial charge in [0.15, 0.2) is 4.87 Å². The number of nitriles is 1. The molecular weight excluding hydrogens is 318 g/mol. The highest BCUT2D eigenvalue weighted by Crippen LogP contribution is 2.23. The first-order valence-corrected chi connectivity index (χ1v) is 8.09. The lowest BCUT2D eigenvalue weighted by Gasteiger charge is -2.28. The number of carbonyl (C=O) groups excluding carboxylic acids is 1. The Kier molecular flexibility index (Phi) is 4.80. The highest BCUT2D eigenvalue weighted by Gasteiger charge is 2.23. The second-order valence-electron chi connectivity index (χ2n) is 5.98. The lowest BCUT2D eigenvalue weighted by Crippen LogP contribution is -2.36. The Labute approximate surface area is 145 Å². The van der Waals surface area contributed by atoms with Crippen LogP contribution in [-0.2, 0) is 24.3 Å². The maximum Gasteiger partial charge on any atom is 0.292 e. The van der Waals surface area contributed by atoms with E-state index in [2.05, 4.69) is 6.07 Å². The van der Waals surface area contributed by atoms with Gasteiger partial charge in [0.1, 0.15) is 11.8 Å². The van der Waals surface area contributed by atoms with Gasteiger partial charge in [-0.3, -0.25) is 4.79 Å². The molecule has 2 N–H and O–H groups in total. The number of aryl methyl sites for hydroxylation is 1. The van der Waals surface area contributed by atoms with Crippen LogP contribution in [0.15, 0.2) is 36.5 Å². The van der Waals surface area contributed by atoms with Gasteiger partial charge >= 0.3 is 0 Å². The predicted octanol–water partition coefficient (Wildman–Crippen LogP) is 1.82. The molecule has 1 aromatic heterocycles. The molecule has 1 aliphatic rings. The van der Waals surface area contributed by atoms with Crippen molar-refractivity contribution >= 4 is 11.6 Å². The first kappa shape index (κ1) is 16.7. The minimum absolute atomic E-state index is 0.0338. The number of hydrazine groups is 1. The van der Waals surface area contributed by atoms with Gasteiger partial charge in [0, 0.05) is 38.0 Å². The standard InChI is InChI=1S/C18H19N5O2/c19-12-17-3-1-8-21(17)9-2-4-18(24)22-10-7-14-5-6-16(23(20)25)11-15(14)13-22/h1,3-6,8,11H,2,7,9-10,13H2,(H2,20,25)/q+1. The zero-order valence-electron chi connectivity index (χ0n) is 13.8. The maximum absolute atomic E-state index is 12.4. The summed E-state index contributed by atoms with van der Waals surface area (Å²) in [5.41, 5.74) is 3.06. The average molecular weight is 337 g/mol. The van der Waals surface area contributed by atoms with Crippen molar-refractivity contribution in [1.82, 2.24) is 9.47 Å². The summed E-state index contributed by atoms with van der Waals surface area (Å²) in [6.07, 6.45) is 4.80. The molecule has 127 valence electrons. The van der Waals surface area contributed by atoms with Crippen LogP contribution in [0.2, 0.25) is 0 Å². The highest BCUT2D eigenvalue weighted by atomic mass is 16.3. The van der Waals surface area contributed by atoms with Crippen molar-refractivity contribution in [3.05, 3.63) is 64.7 Å². The topological polar surface area (TPSA) is 95.1 Å². The zero-order valence-corrected chi connectivity index (χ0v) is 13.8. The molecule has 1 aliphatic heterocycles. The third-order valence-electron chi connectivity index (χ3n) is 4.40. The number of benzene rings is 1. The highest BCUT2D eigenvalue weighted by molar-refractivity contribution is 5.84. The zero-order chi connectivity index (χ0) is 17.8. The monoisotopic (exact) mass is 337 g/mol. The molecule has 0 atom stereocenters. The van der Waals surface area contributed by atoms with Crippen LogP contribution >= 0.6 is 0 Å². The summed E-state index contributed by atoms with van der Waals surface area (Å²) in [5.74, 6) is 5.21. The minimum atomic E-state index is -0.0338. The molecule has 7 heteroatoms. The van der Waals surface area contributed by atoms with Crippen LogP contribution < -0.4 is 5.84 Å². The predicted molar refractivity (Wildman–Crippen MR) is 91.1 cm³/mol. The minimum Gasteiger partial charge on any atom is -0.339 e. The van der Waals surface area contributed by atoms with Crippen LogP contribution in [0, 0.1) is 22.7 Å². The lowest BCUT2D eigenvalue weighted by atomic mass is 9.98. The number of nitroso groups, excluding NO2 is 1. The Morgan fingerprint density at radius 1 is 1.36 bits per heavy atom. The van der Waals surface area contributed by atoms with Crippen molar-refractivity contribution in [2.24, 2.45) is 5.84 Å².